The largest absolute Gasteiger partial charge is 0.478 e. The zero-order valence-electron chi connectivity index (χ0n) is 10.9. The molecule has 3 N–H and O–H groups in total. The Labute approximate surface area is 112 Å². The Morgan fingerprint density at radius 3 is 2.53 bits per heavy atom. The minimum Gasteiger partial charge on any atom is -0.478 e. The van der Waals surface area contributed by atoms with Crippen LogP contribution in [0.2, 0.25) is 0 Å². The molecule has 5 heteroatoms. The van der Waals surface area contributed by atoms with E-state index in [0.717, 1.165) is 31.2 Å². The maximum atomic E-state index is 11.8. The number of aromatic carboxylic acids is 1. The number of carbonyl (C=O) groups excluding carboxylic acids is 1. The number of carboxylic acids is 1. The maximum absolute atomic E-state index is 11.8. The first kappa shape index (κ1) is 13.4. The number of nitrogens with one attached hydrogen (secondary N) is 2. The second kappa shape index (κ2) is 5.73. The lowest BCUT2D eigenvalue weighted by atomic mass is 10.1. The molecule has 0 bridgehead atoms. The average molecular weight is 262 g/mol. The highest BCUT2D eigenvalue weighted by atomic mass is 16.4. The van der Waals surface area contributed by atoms with Gasteiger partial charge in [-0.25, -0.2) is 9.59 Å². The van der Waals surface area contributed by atoms with Crippen LogP contribution < -0.4 is 10.6 Å². The molecule has 0 heterocycles. The summed E-state index contributed by atoms with van der Waals surface area (Å²) >= 11 is 0. The summed E-state index contributed by atoms with van der Waals surface area (Å²) in [6.45, 7) is 1.78. The predicted molar refractivity (Wildman–Crippen MR) is 72.5 cm³/mol. The first-order valence-electron chi connectivity index (χ1n) is 6.48. The van der Waals surface area contributed by atoms with Gasteiger partial charge >= 0.3 is 12.0 Å². The molecule has 2 amide bonds. The van der Waals surface area contributed by atoms with Gasteiger partial charge in [0.15, 0.2) is 0 Å². The van der Waals surface area contributed by atoms with Gasteiger partial charge in [0.1, 0.15) is 0 Å². The zero-order chi connectivity index (χ0) is 13.8. The van der Waals surface area contributed by atoms with Gasteiger partial charge in [-0.15, -0.1) is 0 Å². The fourth-order valence-corrected chi connectivity index (χ4v) is 2.35. The number of urea groups is 1. The molecule has 2 rings (SSSR count). The topological polar surface area (TPSA) is 78.4 Å². The van der Waals surface area contributed by atoms with Crippen LogP contribution in [0.5, 0.6) is 0 Å². The standard InChI is InChI=1S/C14H18N2O3/c1-9-8-10(13(17)18)6-7-12(9)16-14(19)15-11-4-2-3-5-11/h6-8,11H,2-5H2,1H3,(H,17,18)(H2,15,16,19). The second-order valence-corrected chi connectivity index (χ2v) is 4.91. The van der Waals surface area contributed by atoms with E-state index in [-0.39, 0.29) is 17.6 Å². The number of amides is 2. The van der Waals surface area contributed by atoms with E-state index < -0.39 is 5.97 Å². The number of benzene rings is 1. The normalized spacial score (nSPS) is 15.2. The lowest BCUT2D eigenvalue weighted by molar-refractivity contribution is 0.0697. The summed E-state index contributed by atoms with van der Waals surface area (Å²) in [5, 5.41) is 14.6. The van der Waals surface area contributed by atoms with Crippen molar-refractivity contribution in [3.63, 3.8) is 0 Å². The van der Waals surface area contributed by atoms with Gasteiger partial charge in [-0.3, -0.25) is 0 Å². The minimum atomic E-state index is -0.968. The molecular weight excluding hydrogens is 244 g/mol. The Morgan fingerprint density at radius 2 is 1.95 bits per heavy atom. The highest BCUT2D eigenvalue weighted by Gasteiger charge is 2.17. The molecule has 0 spiro atoms. The molecule has 1 aliphatic rings. The minimum absolute atomic E-state index is 0.222. The summed E-state index contributed by atoms with van der Waals surface area (Å²) in [6.07, 6.45) is 4.39. The van der Waals surface area contributed by atoms with E-state index in [1.807, 2.05) is 0 Å². The van der Waals surface area contributed by atoms with Crippen molar-refractivity contribution in [2.24, 2.45) is 0 Å². The van der Waals surface area contributed by atoms with Crippen LogP contribution in [-0.2, 0) is 0 Å². The number of carboxylic acid groups (broad SMARTS) is 1. The lowest BCUT2D eigenvalue weighted by Gasteiger charge is -2.14. The van der Waals surface area contributed by atoms with E-state index >= 15 is 0 Å². The third-order valence-electron chi connectivity index (χ3n) is 3.41. The zero-order valence-corrected chi connectivity index (χ0v) is 10.9. The van der Waals surface area contributed by atoms with Crippen molar-refractivity contribution in [3.05, 3.63) is 29.3 Å². The molecule has 1 aromatic rings. The van der Waals surface area contributed by atoms with Crippen LogP contribution in [0.1, 0.15) is 41.6 Å². The van der Waals surface area contributed by atoms with Gasteiger partial charge < -0.3 is 15.7 Å². The smallest absolute Gasteiger partial charge is 0.335 e. The quantitative estimate of drug-likeness (QED) is 0.783. The number of hydrogen-bond acceptors (Lipinski definition) is 2. The van der Waals surface area contributed by atoms with Crippen LogP contribution in [0.3, 0.4) is 0 Å². The molecular formula is C14H18N2O3. The van der Waals surface area contributed by atoms with Gasteiger partial charge in [0.2, 0.25) is 0 Å². The van der Waals surface area contributed by atoms with Crippen molar-refractivity contribution in [2.45, 2.75) is 38.6 Å². The molecule has 102 valence electrons. The number of rotatable bonds is 3. The number of aryl methyl sites for hydroxylation is 1. The fraction of sp³-hybridized carbons (Fsp3) is 0.429. The maximum Gasteiger partial charge on any atom is 0.335 e. The highest BCUT2D eigenvalue weighted by molar-refractivity contribution is 5.92. The van der Waals surface area contributed by atoms with Crippen LogP contribution in [-0.4, -0.2) is 23.1 Å². The molecule has 19 heavy (non-hydrogen) atoms. The van der Waals surface area contributed by atoms with E-state index in [9.17, 15) is 9.59 Å². The average Bonchev–Trinajstić information content (AvgIpc) is 2.84. The summed E-state index contributed by atoms with van der Waals surface area (Å²) in [7, 11) is 0. The summed E-state index contributed by atoms with van der Waals surface area (Å²) in [5.41, 5.74) is 1.60. The molecule has 0 aromatic heterocycles. The summed E-state index contributed by atoms with van der Waals surface area (Å²) in [6, 6.07) is 4.69. The van der Waals surface area contributed by atoms with E-state index in [1.54, 1.807) is 19.1 Å². The fourth-order valence-electron chi connectivity index (χ4n) is 2.35. The van der Waals surface area contributed by atoms with Crippen LogP contribution in [0.4, 0.5) is 10.5 Å². The second-order valence-electron chi connectivity index (χ2n) is 4.91. The van der Waals surface area contributed by atoms with E-state index in [1.165, 1.54) is 6.07 Å². The van der Waals surface area contributed by atoms with Crippen molar-refractivity contribution in [1.29, 1.82) is 0 Å². The lowest BCUT2D eigenvalue weighted by Crippen LogP contribution is -2.36. The molecule has 1 aromatic carbocycles. The molecule has 5 nitrogen and oxygen atoms in total. The first-order valence-corrected chi connectivity index (χ1v) is 6.48. The van der Waals surface area contributed by atoms with Crippen molar-refractivity contribution in [1.82, 2.24) is 5.32 Å². The van der Waals surface area contributed by atoms with Crippen LogP contribution in [0.25, 0.3) is 0 Å². The first-order chi connectivity index (χ1) is 9.06. The van der Waals surface area contributed by atoms with E-state index in [4.69, 9.17) is 5.11 Å². The Balaban J connectivity index is 1.98. The predicted octanol–water partition coefficient (Wildman–Crippen LogP) is 2.76. The molecule has 1 fully saturated rings. The molecule has 0 radical (unpaired) electrons. The molecule has 1 aliphatic carbocycles. The van der Waals surface area contributed by atoms with Gasteiger partial charge in [0.25, 0.3) is 0 Å². The van der Waals surface area contributed by atoms with Gasteiger partial charge in [0.05, 0.1) is 5.56 Å². The summed E-state index contributed by atoms with van der Waals surface area (Å²) in [4.78, 5) is 22.6. The highest BCUT2D eigenvalue weighted by Crippen LogP contribution is 2.19. The Hall–Kier alpha value is -2.04. The Bertz CT molecular complexity index is 493. The summed E-state index contributed by atoms with van der Waals surface area (Å²) < 4.78 is 0. The number of carbonyl (C=O) groups is 2. The monoisotopic (exact) mass is 262 g/mol. The van der Waals surface area contributed by atoms with Crippen molar-refractivity contribution in [2.75, 3.05) is 5.32 Å². The van der Waals surface area contributed by atoms with Crippen molar-refractivity contribution >= 4 is 17.7 Å². The van der Waals surface area contributed by atoms with E-state index in [2.05, 4.69) is 10.6 Å². The number of hydrogen-bond donors (Lipinski definition) is 3. The molecule has 0 atom stereocenters. The molecule has 0 unspecified atom stereocenters. The molecule has 0 aliphatic heterocycles. The van der Waals surface area contributed by atoms with Crippen molar-refractivity contribution < 1.29 is 14.7 Å². The van der Waals surface area contributed by atoms with Crippen LogP contribution >= 0.6 is 0 Å². The van der Waals surface area contributed by atoms with Gasteiger partial charge in [0, 0.05) is 11.7 Å². The van der Waals surface area contributed by atoms with E-state index in [0.29, 0.717) is 5.69 Å². The third-order valence-corrected chi connectivity index (χ3v) is 3.41. The Kier molecular flexibility index (Phi) is 4.04. The third kappa shape index (κ3) is 3.47. The molecule has 0 saturated heterocycles. The van der Waals surface area contributed by atoms with Crippen LogP contribution in [0.15, 0.2) is 18.2 Å². The van der Waals surface area contributed by atoms with Crippen molar-refractivity contribution in [3.8, 4) is 0 Å². The number of anilines is 1. The Morgan fingerprint density at radius 1 is 1.26 bits per heavy atom. The van der Waals surface area contributed by atoms with Gasteiger partial charge in [-0.2, -0.15) is 0 Å². The summed E-state index contributed by atoms with van der Waals surface area (Å²) in [5.74, 6) is -0.968. The van der Waals surface area contributed by atoms with Gasteiger partial charge in [-0.05, 0) is 43.5 Å². The SMILES string of the molecule is Cc1cc(C(=O)O)ccc1NC(=O)NC1CCCC1. The molecule has 1 saturated carbocycles. The van der Waals surface area contributed by atoms with Crippen LogP contribution in [0, 0.1) is 6.92 Å². The van der Waals surface area contributed by atoms with Gasteiger partial charge in [-0.1, -0.05) is 12.8 Å².